The van der Waals surface area contributed by atoms with Crippen molar-refractivity contribution in [2.75, 3.05) is 0 Å². The third-order valence-corrected chi connectivity index (χ3v) is 7.45. The van der Waals surface area contributed by atoms with Gasteiger partial charge < -0.3 is 10.2 Å². The van der Waals surface area contributed by atoms with Gasteiger partial charge in [0.15, 0.2) is 0 Å². The van der Waals surface area contributed by atoms with Crippen molar-refractivity contribution < 1.29 is 19.8 Å². The smallest absolute Gasteiger partial charge is 0.335 e. The second-order valence-corrected chi connectivity index (χ2v) is 9.93. The molecule has 0 saturated heterocycles. The first-order valence-electron chi connectivity index (χ1n) is 12.3. The summed E-state index contributed by atoms with van der Waals surface area (Å²) in [5, 5.41) is 18.4. The fraction of sp³-hybridized carbons (Fsp3) is 0.333. The van der Waals surface area contributed by atoms with Gasteiger partial charge in [-0.3, -0.25) is 4.79 Å². The molecule has 4 nitrogen and oxygen atoms in total. The van der Waals surface area contributed by atoms with Crippen LogP contribution in [0.15, 0.2) is 78.9 Å². The SMILES string of the molecule is O=C(O)c1cccc(CSC(C(=O)O)c2ccccc2CCCCCCCCc2ccccc2)c1. The van der Waals surface area contributed by atoms with Crippen molar-refractivity contribution >= 4 is 23.7 Å². The van der Waals surface area contributed by atoms with E-state index in [0.29, 0.717) is 5.75 Å². The third-order valence-electron chi connectivity index (χ3n) is 6.16. The maximum atomic E-state index is 12.1. The summed E-state index contributed by atoms with van der Waals surface area (Å²) in [7, 11) is 0. The highest BCUT2D eigenvalue weighted by Crippen LogP contribution is 2.34. The zero-order chi connectivity index (χ0) is 24.9. The van der Waals surface area contributed by atoms with E-state index < -0.39 is 17.2 Å². The lowest BCUT2D eigenvalue weighted by Gasteiger charge is -2.17. The molecule has 0 saturated carbocycles. The Morgan fingerprint density at radius 2 is 1.31 bits per heavy atom. The highest BCUT2D eigenvalue weighted by molar-refractivity contribution is 7.99. The van der Waals surface area contributed by atoms with Crippen molar-refractivity contribution in [3.63, 3.8) is 0 Å². The zero-order valence-electron chi connectivity index (χ0n) is 20.1. The topological polar surface area (TPSA) is 74.6 Å². The van der Waals surface area contributed by atoms with Gasteiger partial charge >= 0.3 is 11.9 Å². The zero-order valence-corrected chi connectivity index (χ0v) is 20.9. The number of benzene rings is 3. The molecule has 0 heterocycles. The number of aromatic carboxylic acids is 1. The van der Waals surface area contributed by atoms with Crippen molar-refractivity contribution in [1.82, 2.24) is 0 Å². The van der Waals surface area contributed by atoms with Crippen LogP contribution in [0, 0.1) is 0 Å². The fourth-order valence-corrected chi connectivity index (χ4v) is 5.37. The van der Waals surface area contributed by atoms with Crippen molar-refractivity contribution in [2.45, 2.75) is 62.4 Å². The lowest BCUT2D eigenvalue weighted by molar-refractivity contribution is -0.136. The number of aliphatic carboxylic acids is 1. The van der Waals surface area contributed by atoms with Gasteiger partial charge in [0.25, 0.3) is 0 Å². The average Bonchev–Trinajstić information content (AvgIpc) is 2.87. The molecule has 0 aliphatic heterocycles. The minimum absolute atomic E-state index is 0.218. The van der Waals surface area contributed by atoms with E-state index in [4.69, 9.17) is 0 Å². The van der Waals surface area contributed by atoms with Crippen LogP contribution in [0.5, 0.6) is 0 Å². The van der Waals surface area contributed by atoms with Gasteiger partial charge in [-0.1, -0.05) is 92.4 Å². The Morgan fingerprint density at radius 1 is 0.686 bits per heavy atom. The van der Waals surface area contributed by atoms with Crippen LogP contribution in [0.2, 0.25) is 0 Å². The Bertz CT molecular complexity index is 1080. The molecule has 1 atom stereocenters. The molecule has 35 heavy (non-hydrogen) atoms. The molecule has 0 radical (unpaired) electrons. The van der Waals surface area contributed by atoms with Crippen LogP contribution in [-0.4, -0.2) is 22.2 Å². The second-order valence-electron chi connectivity index (χ2n) is 8.84. The molecule has 0 aliphatic carbocycles. The molecule has 184 valence electrons. The van der Waals surface area contributed by atoms with Crippen LogP contribution in [0.4, 0.5) is 0 Å². The predicted molar refractivity (Wildman–Crippen MR) is 143 cm³/mol. The van der Waals surface area contributed by atoms with E-state index in [-0.39, 0.29) is 5.56 Å². The Balaban J connectivity index is 1.46. The first-order chi connectivity index (χ1) is 17.0. The van der Waals surface area contributed by atoms with Crippen LogP contribution in [0.3, 0.4) is 0 Å². The number of aryl methyl sites for hydroxylation is 2. The lowest BCUT2D eigenvalue weighted by Crippen LogP contribution is -2.11. The van der Waals surface area contributed by atoms with E-state index in [1.54, 1.807) is 18.2 Å². The van der Waals surface area contributed by atoms with Gasteiger partial charge in [-0.05, 0) is 60.1 Å². The summed E-state index contributed by atoms with van der Waals surface area (Å²) >= 11 is 1.33. The highest BCUT2D eigenvalue weighted by atomic mass is 32.2. The second kappa shape index (κ2) is 14.4. The molecule has 3 aromatic rings. The average molecular weight is 491 g/mol. The van der Waals surface area contributed by atoms with Crippen LogP contribution in [0.1, 0.15) is 76.4 Å². The Kier molecular flexibility index (Phi) is 10.9. The molecule has 2 N–H and O–H groups in total. The molecule has 0 fully saturated rings. The molecule has 0 bridgehead atoms. The number of rotatable bonds is 15. The summed E-state index contributed by atoms with van der Waals surface area (Å²) in [6.07, 6.45) is 9.11. The van der Waals surface area contributed by atoms with Gasteiger partial charge in [-0.15, -0.1) is 11.8 Å². The van der Waals surface area contributed by atoms with Gasteiger partial charge in [-0.2, -0.15) is 0 Å². The molecule has 5 heteroatoms. The van der Waals surface area contributed by atoms with E-state index in [1.807, 2.05) is 30.3 Å². The summed E-state index contributed by atoms with van der Waals surface area (Å²) in [6.45, 7) is 0. The van der Waals surface area contributed by atoms with Gasteiger partial charge in [0, 0.05) is 5.75 Å². The van der Waals surface area contributed by atoms with E-state index in [0.717, 1.165) is 42.4 Å². The molecule has 0 amide bonds. The van der Waals surface area contributed by atoms with Crippen LogP contribution in [-0.2, 0) is 23.4 Å². The third kappa shape index (κ3) is 8.91. The minimum atomic E-state index is -0.979. The van der Waals surface area contributed by atoms with E-state index in [2.05, 4.69) is 30.3 Å². The molecule has 0 spiro atoms. The predicted octanol–water partition coefficient (Wildman–Crippen LogP) is 7.57. The molecule has 0 aromatic heterocycles. The Morgan fingerprint density at radius 3 is 2.03 bits per heavy atom. The minimum Gasteiger partial charge on any atom is -0.480 e. The molecule has 1 unspecified atom stereocenters. The van der Waals surface area contributed by atoms with Crippen LogP contribution >= 0.6 is 11.8 Å². The number of carboxylic acids is 2. The summed E-state index contributed by atoms with van der Waals surface area (Å²) in [4.78, 5) is 23.3. The molecule has 0 aliphatic rings. The number of hydrogen-bond donors (Lipinski definition) is 2. The first kappa shape index (κ1) is 26.6. The van der Waals surface area contributed by atoms with Crippen molar-refractivity contribution in [1.29, 1.82) is 0 Å². The monoisotopic (exact) mass is 490 g/mol. The summed E-state index contributed by atoms with van der Waals surface area (Å²) in [5.74, 6) is -1.40. The van der Waals surface area contributed by atoms with E-state index >= 15 is 0 Å². The van der Waals surface area contributed by atoms with Gasteiger partial charge in [0.2, 0.25) is 0 Å². The number of unbranched alkanes of at least 4 members (excludes halogenated alkanes) is 5. The Hall–Kier alpha value is -3.05. The van der Waals surface area contributed by atoms with E-state index in [9.17, 15) is 19.8 Å². The standard InChI is InChI=1S/C30H34O4S/c31-29(32)26-19-12-16-24(21-26)22-35-28(30(33)34)27-20-11-10-18-25(27)17-9-4-2-1-3-6-13-23-14-7-5-8-15-23/h5,7-8,10-12,14-16,18-21,28H,1-4,6,9,13,17,22H2,(H,31,32)(H,33,34). The molecule has 3 rings (SSSR count). The van der Waals surface area contributed by atoms with E-state index in [1.165, 1.54) is 43.0 Å². The molecular weight excluding hydrogens is 456 g/mol. The van der Waals surface area contributed by atoms with Crippen molar-refractivity contribution in [3.05, 3.63) is 107 Å². The first-order valence-corrected chi connectivity index (χ1v) is 13.4. The number of carboxylic acid groups (broad SMARTS) is 2. The molecular formula is C30H34O4S. The fourth-order valence-electron chi connectivity index (χ4n) is 4.28. The summed E-state index contributed by atoms with van der Waals surface area (Å²) in [5.41, 5.74) is 4.38. The van der Waals surface area contributed by atoms with Crippen molar-refractivity contribution in [2.24, 2.45) is 0 Å². The maximum absolute atomic E-state index is 12.1. The summed E-state index contributed by atoms with van der Waals surface area (Å²) < 4.78 is 0. The van der Waals surface area contributed by atoms with Gasteiger partial charge in [0.05, 0.1) is 5.56 Å². The number of hydrogen-bond acceptors (Lipinski definition) is 3. The quantitative estimate of drug-likeness (QED) is 0.215. The van der Waals surface area contributed by atoms with Crippen LogP contribution < -0.4 is 0 Å². The van der Waals surface area contributed by atoms with Gasteiger partial charge in [-0.25, -0.2) is 4.79 Å². The Labute approximate surface area is 212 Å². The lowest BCUT2D eigenvalue weighted by atomic mass is 9.98. The van der Waals surface area contributed by atoms with Gasteiger partial charge in [0.1, 0.15) is 5.25 Å². The molecule has 3 aromatic carbocycles. The number of carbonyl (C=O) groups is 2. The largest absolute Gasteiger partial charge is 0.480 e. The summed E-state index contributed by atoms with van der Waals surface area (Å²) in [6, 6.07) is 25.1. The van der Waals surface area contributed by atoms with Crippen LogP contribution in [0.25, 0.3) is 0 Å². The number of thioether (sulfide) groups is 1. The maximum Gasteiger partial charge on any atom is 0.335 e. The van der Waals surface area contributed by atoms with Crippen molar-refractivity contribution in [3.8, 4) is 0 Å². The normalized spacial score (nSPS) is 11.8. The highest BCUT2D eigenvalue weighted by Gasteiger charge is 2.23.